The van der Waals surface area contributed by atoms with Gasteiger partial charge in [-0.1, -0.05) is 12.1 Å². The molecule has 3 aromatic heterocycles. The van der Waals surface area contributed by atoms with Crippen molar-refractivity contribution in [3.63, 3.8) is 0 Å². The Morgan fingerprint density at radius 1 is 1.07 bits per heavy atom. The molecule has 11 heteroatoms. The molecule has 0 aliphatic carbocycles. The number of aryl methyl sites for hydroxylation is 2. The lowest BCUT2D eigenvalue weighted by Crippen LogP contribution is -2.40. The minimum atomic E-state index is -0.684. The second-order valence-electron chi connectivity index (χ2n) is 10.3. The summed E-state index contributed by atoms with van der Waals surface area (Å²) in [7, 11) is 0. The molecule has 1 fully saturated rings. The van der Waals surface area contributed by atoms with Crippen molar-refractivity contribution in [1.29, 1.82) is 5.26 Å². The highest BCUT2D eigenvalue weighted by molar-refractivity contribution is 6.08. The number of hydrogen-bond donors (Lipinski definition) is 3. The van der Waals surface area contributed by atoms with Gasteiger partial charge in [-0.15, -0.1) is 0 Å². The fourth-order valence-electron chi connectivity index (χ4n) is 5.61. The van der Waals surface area contributed by atoms with Gasteiger partial charge in [0.1, 0.15) is 29.1 Å². The number of piperidine rings is 1. The Morgan fingerprint density at radius 3 is 2.56 bits per heavy atom. The summed E-state index contributed by atoms with van der Waals surface area (Å²) in [6.45, 7) is 1.88. The molecule has 1 aliphatic rings. The number of aromatic nitrogens is 5. The van der Waals surface area contributed by atoms with Gasteiger partial charge >= 0.3 is 0 Å². The number of benzene rings is 2. The first-order chi connectivity index (χ1) is 19.9. The van der Waals surface area contributed by atoms with Crippen LogP contribution in [0.4, 0.5) is 14.5 Å². The summed E-state index contributed by atoms with van der Waals surface area (Å²) in [6.07, 6.45) is 8.21. The molecular formula is C30H28F2N8O. The van der Waals surface area contributed by atoms with Gasteiger partial charge in [-0.3, -0.25) is 0 Å². The van der Waals surface area contributed by atoms with Crippen molar-refractivity contribution in [2.75, 3.05) is 18.0 Å². The normalized spacial score (nSPS) is 14.0. The molecule has 4 N–H and O–H groups in total. The molecule has 208 valence electrons. The largest absolute Gasteiger partial charge is 0.506 e. The van der Waals surface area contributed by atoms with Crippen molar-refractivity contribution >= 4 is 16.7 Å². The zero-order chi connectivity index (χ0) is 28.5. The van der Waals surface area contributed by atoms with Gasteiger partial charge in [0.15, 0.2) is 0 Å². The van der Waals surface area contributed by atoms with Gasteiger partial charge in [0.25, 0.3) is 0 Å². The summed E-state index contributed by atoms with van der Waals surface area (Å²) in [5.74, 6) is -1.50. The van der Waals surface area contributed by atoms with Gasteiger partial charge in [-0.05, 0) is 49.4 Å². The summed E-state index contributed by atoms with van der Waals surface area (Å²) in [5.41, 5.74) is 10.7. The topological polar surface area (TPSA) is 133 Å². The van der Waals surface area contributed by atoms with Crippen molar-refractivity contribution in [1.82, 2.24) is 25.0 Å². The molecule has 4 heterocycles. The number of pyridine rings is 1. The lowest BCUT2D eigenvalue weighted by atomic mass is 9.95. The van der Waals surface area contributed by atoms with Crippen LogP contribution in [-0.4, -0.2) is 49.2 Å². The second-order valence-corrected chi connectivity index (χ2v) is 10.3. The Balaban J connectivity index is 1.59. The molecule has 0 unspecified atom stereocenters. The number of aromatic amines is 1. The van der Waals surface area contributed by atoms with E-state index in [0.29, 0.717) is 54.0 Å². The number of nitrogens with two attached hydrogens (primary N) is 1. The van der Waals surface area contributed by atoms with E-state index in [1.807, 2.05) is 16.8 Å². The first-order valence-electron chi connectivity index (χ1n) is 13.5. The number of nitrogens with zero attached hydrogens (tertiary/aromatic N) is 6. The minimum Gasteiger partial charge on any atom is -0.506 e. The van der Waals surface area contributed by atoms with Crippen LogP contribution in [0.2, 0.25) is 0 Å². The number of fused-ring (bicyclic) bond motifs is 1. The predicted molar refractivity (Wildman–Crippen MR) is 151 cm³/mol. The molecule has 41 heavy (non-hydrogen) atoms. The third-order valence-electron chi connectivity index (χ3n) is 7.63. The van der Waals surface area contributed by atoms with Crippen LogP contribution in [0.25, 0.3) is 33.3 Å². The summed E-state index contributed by atoms with van der Waals surface area (Å²) < 4.78 is 30.9. The average Bonchev–Trinajstić information content (AvgIpc) is 3.61. The van der Waals surface area contributed by atoms with E-state index in [1.165, 1.54) is 12.1 Å². The van der Waals surface area contributed by atoms with Crippen LogP contribution in [0.15, 0.2) is 55.0 Å². The van der Waals surface area contributed by atoms with Crippen LogP contribution in [-0.2, 0) is 13.0 Å². The maximum atomic E-state index is 14.4. The third kappa shape index (κ3) is 5.10. The molecule has 1 aliphatic heterocycles. The zero-order valence-electron chi connectivity index (χ0n) is 22.2. The number of phenols is 1. The van der Waals surface area contributed by atoms with E-state index in [9.17, 15) is 19.1 Å². The predicted octanol–water partition coefficient (Wildman–Crippen LogP) is 4.90. The van der Waals surface area contributed by atoms with Crippen molar-refractivity contribution in [3.05, 3.63) is 77.9 Å². The quantitative estimate of drug-likeness (QED) is 0.261. The summed E-state index contributed by atoms with van der Waals surface area (Å²) >= 11 is 0. The zero-order valence-corrected chi connectivity index (χ0v) is 22.2. The van der Waals surface area contributed by atoms with E-state index in [4.69, 9.17) is 10.7 Å². The highest BCUT2D eigenvalue weighted by Gasteiger charge is 2.27. The van der Waals surface area contributed by atoms with Gasteiger partial charge in [-0.2, -0.15) is 20.7 Å². The van der Waals surface area contributed by atoms with E-state index in [2.05, 4.69) is 20.3 Å². The lowest BCUT2D eigenvalue weighted by Gasteiger charge is -2.34. The molecule has 0 radical (unpaired) electrons. The van der Waals surface area contributed by atoms with E-state index in [0.717, 1.165) is 42.1 Å². The number of nitriles is 1. The first-order valence-corrected chi connectivity index (χ1v) is 13.5. The third-order valence-corrected chi connectivity index (χ3v) is 7.63. The van der Waals surface area contributed by atoms with E-state index >= 15 is 0 Å². The molecule has 1 saturated heterocycles. The Labute approximate surface area is 234 Å². The smallest absolute Gasteiger partial charge is 0.142 e. The highest BCUT2D eigenvalue weighted by atomic mass is 19.1. The Morgan fingerprint density at radius 2 is 1.85 bits per heavy atom. The highest BCUT2D eigenvalue weighted by Crippen LogP contribution is 2.45. The number of halogens is 2. The van der Waals surface area contributed by atoms with Crippen molar-refractivity contribution < 1.29 is 13.9 Å². The fourth-order valence-corrected chi connectivity index (χ4v) is 5.61. The van der Waals surface area contributed by atoms with E-state index < -0.39 is 11.6 Å². The molecule has 0 atom stereocenters. The maximum absolute atomic E-state index is 14.4. The SMILES string of the molecule is N#Cc1cccc(-c2cn(CCCc3cn[nH]n3)c3ncc(-c4cc(F)cc(F)c4)c(N4CCC(N)CC4)c23)c1O. The van der Waals surface area contributed by atoms with E-state index in [1.54, 1.807) is 30.6 Å². The van der Waals surface area contributed by atoms with Gasteiger partial charge in [0.2, 0.25) is 0 Å². The molecular weight excluding hydrogens is 526 g/mol. The number of rotatable bonds is 7. The first kappa shape index (κ1) is 26.4. The Kier molecular flexibility index (Phi) is 7.07. The number of hydrogen-bond acceptors (Lipinski definition) is 7. The molecule has 2 aromatic carbocycles. The standard InChI is InChI=1S/C30H28F2N8O/c31-20-11-19(12-21(32)13-20)25-16-35-30-27(28(25)39-9-6-22(34)7-10-39)26(24-5-1-3-18(14-33)29(24)41)17-40(30)8-2-4-23-15-36-38-37-23/h1,3,5,11-13,15-17,22,41H,2,4,6-10,34H2,(H,36,37,38). The van der Waals surface area contributed by atoms with Crippen LogP contribution < -0.4 is 10.6 Å². The van der Waals surface area contributed by atoms with Crippen LogP contribution in [0.1, 0.15) is 30.5 Å². The minimum absolute atomic E-state index is 0.0654. The molecule has 6 rings (SSSR count). The van der Waals surface area contributed by atoms with Gasteiger partial charge in [0, 0.05) is 60.8 Å². The molecule has 0 spiro atoms. The van der Waals surface area contributed by atoms with Crippen LogP contribution in [0, 0.1) is 23.0 Å². The monoisotopic (exact) mass is 554 g/mol. The Hall–Kier alpha value is -4.82. The molecule has 5 aromatic rings. The van der Waals surface area contributed by atoms with Gasteiger partial charge < -0.3 is 20.3 Å². The second kappa shape index (κ2) is 11.0. The average molecular weight is 555 g/mol. The van der Waals surface area contributed by atoms with Crippen molar-refractivity contribution in [2.45, 2.75) is 38.3 Å². The van der Waals surface area contributed by atoms with Gasteiger partial charge in [0.05, 0.1) is 28.5 Å². The fraction of sp³-hybridized carbons (Fsp3) is 0.267. The van der Waals surface area contributed by atoms with Crippen molar-refractivity contribution in [2.24, 2.45) is 5.73 Å². The number of aromatic hydroxyl groups is 1. The molecule has 0 bridgehead atoms. The maximum Gasteiger partial charge on any atom is 0.142 e. The number of anilines is 1. The van der Waals surface area contributed by atoms with Gasteiger partial charge in [-0.25, -0.2) is 13.8 Å². The Bertz CT molecular complexity index is 1730. The lowest BCUT2D eigenvalue weighted by molar-refractivity contribution is 0.475. The van der Waals surface area contributed by atoms with Crippen LogP contribution >= 0.6 is 0 Å². The molecule has 0 amide bonds. The van der Waals surface area contributed by atoms with Crippen LogP contribution in [0.3, 0.4) is 0 Å². The number of para-hydroxylation sites is 1. The number of nitrogens with one attached hydrogen (secondary N) is 1. The van der Waals surface area contributed by atoms with Crippen LogP contribution in [0.5, 0.6) is 5.75 Å². The number of H-pyrrole nitrogens is 1. The summed E-state index contributed by atoms with van der Waals surface area (Å²) in [5, 5.41) is 32.1. The van der Waals surface area contributed by atoms with Crippen molar-refractivity contribution in [3.8, 4) is 34.1 Å². The molecule has 0 saturated carbocycles. The summed E-state index contributed by atoms with van der Waals surface area (Å²) in [4.78, 5) is 6.99. The van der Waals surface area contributed by atoms with E-state index in [-0.39, 0.29) is 17.4 Å². The molecule has 9 nitrogen and oxygen atoms in total. The number of phenolic OH excluding ortho intramolecular Hbond substituents is 1. The summed E-state index contributed by atoms with van der Waals surface area (Å²) in [6, 6.07) is 10.6.